The molecule has 2 atom stereocenters. The molecule has 30 heavy (non-hydrogen) atoms. The Kier molecular flexibility index (Phi) is 6.55. The van der Waals surface area contributed by atoms with Gasteiger partial charge in [-0.25, -0.2) is 0 Å². The maximum atomic E-state index is 10.0. The third-order valence-corrected chi connectivity index (χ3v) is 6.23. The van der Waals surface area contributed by atoms with E-state index in [9.17, 15) is 10.2 Å². The molecule has 0 aliphatic heterocycles. The largest absolute Gasteiger partial charge is 0.507 e. The van der Waals surface area contributed by atoms with Crippen molar-refractivity contribution in [2.45, 2.75) is 66.2 Å². The van der Waals surface area contributed by atoms with Gasteiger partial charge in [-0.15, -0.1) is 0 Å². The molecule has 0 aromatic heterocycles. The summed E-state index contributed by atoms with van der Waals surface area (Å²) in [5, 5.41) is 20.1. The molecule has 0 fully saturated rings. The fourth-order valence-corrected chi connectivity index (χ4v) is 4.44. The second-order valence-electron chi connectivity index (χ2n) is 9.04. The second-order valence-corrected chi connectivity index (χ2v) is 9.04. The van der Waals surface area contributed by atoms with E-state index in [0.29, 0.717) is 23.3 Å². The molecule has 3 aromatic carbocycles. The van der Waals surface area contributed by atoms with Gasteiger partial charge in [0.15, 0.2) is 0 Å². The smallest absolute Gasteiger partial charge is 0.121 e. The van der Waals surface area contributed by atoms with Crippen LogP contribution in [0.3, 0.4) is 0 Å². The van der Waals surface area contributed by atoms with Gasteiger partial charge in [-0.1, -0.05) is 62.4 Å². The number of hydrogen-bond donors (Lipinski definition) is 2. The van der Waals surface area contributed by atoms with Gasteiger partial charge < -0.3 is 10.2 Å². The lowest BCUT2D eigenvalue weighted by Gasteiger charge is -2.18. The van der Waals surface area contributed by atoms with E-state index in [1.54, 1.807) is 0 Å². The van der Waals surface area contributed by atoms with Crippen molar-refractivity contribution in [1.29, 1.82) is 0 Å². The van der Waals surface area contributed by atoms with E-state index in [0.717, 1.165) is 35.1 Å². The molecule has 2 unspecified atom stereocenters. The summed E-state index contributed by atoms with van der Waals surface area (Å²) in [6, 6.07) is 17.3. The highest BCUT2D eigenvalue weighted by Gasteiger charge is 2.14. The zero-order chi connectivity index (χ0) is 22.0. The Morgan fingerprint density at radius 1 is 0.600 bits per heavy atom. The SMILES string of the molecule is Cc1cc(CC(C)c2cccc(C(C)Cc3cc(C)c(O)c(C)c3)c2)cc(C)c1O. The number of hydrogen-bond acceptors (Lipinski definition) is 2. The molecule has 0 heterocycles. The Balaban J connectivity index is 1.76. The van der Waals surface area contributed by atoms with Crippen molar-refractivity contribution >= 4 is 0 Å². The topological polar surface area (TPSA) is 40.5 Å². The van der Waals surface area contributed by atoms with Gasteiger partial charge >= 0.3 is 0 Å². The number of phenolic OH excluding ortho intramolecular Hbond substituents is 2. The molecule has 0 spiro atoms. The molecular weight excluding hydrogens is 368 g/mol. The van der Waals surface area contributed by atoms with Crippen LogP contribution in [0.1, 0.15) is 70.2 Å². The van der Waals surface area contributed by atoms with Gasteiger partial charge in [0.1, 0.15) is 11.5 Å². The van der Waals surface area contributed by atoms with Crippen LogP contribution < -0.4 is 0 Å². The molecule has 0 aliphatic carbocycles. The molecule has 2 heteroatoms. The van der Waals surface area contributed by atoms with Crippen molar-refractivity contribution < 1.29 is 10.2 Å². The van der Waals surface area contributed by atoms with Crippen molar-refractivity contribution in [3.8, 4) is 11.5 Å². The van der Waals surface area contributed by atoms with Crippen LogP contribution >= 0.6 is 0 Å². The number of benzene rings is 3. The minimum absolute atomic E-state index is 0.402. The zero-order valence-corrected chi connectivity index (χ0v) is 19.1. The molecule has 0 saturated carbocycles. The van der Waals surface area contributed by atoms with Crippen LogP contribution in [0.5, 0.6) is 11.5 Å². The molecule has 0 bridgehead atoms. The Morgan fingerprint density at radius 3 is 1.27 bits per heavy atom. The highest BCUT2D eigenvalue weighted by atomic mass is 16.3. The molecule has 0 radical (unpaired) electrons. The molecule has 0 amide bonds. The summed E-state index contributed by atoms with van der Waals surface area (Å²) in [5.41, 5.74) is 9.01. The predicted octanol–water partition coefficient (Wildman–Crippen LogP) is 7.02. The maximum absolute atomic E-state index is 10.0. The van der Waals surface area contributed by atoms with E-state index in [1.807, 2.05) is 27.7 Å². The monoisotopic (exact) mass is 402 g/mol. The Labute approximate surface area is 181 Å². The Morgan fingerprint density at radius 2 is 0.933 bits per heavy atom. The molecule has 3 rings (SSSR count). The normalized spacial score (nSPS) is 13.3. The van der Waals surface area contributed by atoms with Gasteiger partial charge in [-0.05, 0) is 96.9 Å². The quantitative estimate of drug-likeness (QED) is 0.465. The van der Waals surface area contributed by atoms with E-state index < -0.39 is 0 Å². The van der Waals surface area contributed by atoms with Crippen LogP contribution in [-0.4, -0.2) is 10.2 Å². The van der Waals surface area contributed by atoms with Gasteiger partial charge in [0.05, 0.1) is 0 Å². The van der Waals surface area contributed by atoms with Crippen LogP contribution in [0, 0.1) is 27.7 Å². The maximum Gasteiger partial charge on any atom is 0.121 e. The van der Waals surface area contributed by atoms with Crippen molar-refractivity contribution in [1.82, 2.24) is 0 Å². The standard InChI is InChI=1S/C28H34O2/c1-17(10-23-12-19(3)27(29)20(4)13-23)25-8-7-9-26(16-25)18(2)11-24-14-21(5)28(30)22(6)15-24/h7-9,12-18,29-30H,10-11H2,1-6H3. The highest BCUT2D eigenvalue weighted by Crippen LogP contribution is 2.30. The van der Waals surface area contributed by atoms with Gasteiger partial charge in [0.2, 0.25) is 0 Å². The van der Waals surface area contributed by atoms with Crippen LogP contribution in [0.15, 0.2) is 48.5 Å². The average molecular weight is 403 g/mol. The number of phenols is 2. The van der Waals surface area contributed by atoms with Crippen molar-refractivity contribution in [2.24, 2.45) is 0 Å². The van der Waals surface area contributed by atoms with Gasteiger partial charge in [0, 0.05) is 0 Å². The summed E-state index contributed by atoms with van der Waals surface area (Å²) in [7, 11) is 0. The molecule has 3 aromatic rings. The summed E-state index contributed by atoms with van der Waals surface area (Å²) >= 11 is 0. The summed E-state index contributed by atoms with van der Waals surface area (Å²) < 4.78 is 0. The second kappa shape index (κ2) is 8.95. The number of aryl methyl sites for hydroxylation is 4. The summed E-state index contributed by atoms with van der Waals surface area (Å²) in [5.74, 6) is 1.61. The number of rotatable bonds is 6. The zero-order valence-electron chi connectivity index (χ0n) is 19.1. The van der Waals surface area contributed by atoms with Gasteiger partial charge in [-0.3, -0.25) is 0 Å². The first kappa shape index (κ1) is 22.0. The molecule has 2 nitrogen and oxygen atoms in total. The molecule has 0 saturated heterocycles. The summed E-state index contributed by atoms with van der Waals surface area (Å²) in [6.45, 7) is 12.4. The lowest BCUT2D eigenvalue weighted by molar-refractivity contribution is 0.466. The molecular formula is C28H34O2. The van der Waals surface area contributed by atoms with E-state index >= 15 is 0 Å². The lowest BCUT2D eigenvalue weighted by atomic mass is 9.87. The molecule has 0 aliphatic rings. The fourth-order valence-electron chi connectivity index (χ4n) is 4.44. The fraction of sp³-hybridized carbons (Fsp3) is 0.357. The van der Waals surface area contributed by atoms with Crippen LogP contribution in [-0.2, 0) is 12.8 Å². The summed E-state index contributed by atoms with van der Waals surface area (Å²) in [6.07, 6.45) is 1.91. The first-order valence-electron chi connectivity index (χ1n) is 10.8. The minimum Gasteiger partial charge on any atom is -0.507 e. The highest BCUT2D eigenvalue weighted by molar-refractivity contribution is 5.44. The van der Waals surface area contributed by atoms with Crippen LogP contribution in [0.25, 0.3) is 0 Å². The third kappa shape index (κ3) is 4.87. The van der Waals surface area contributed by atoms with E-state index in [4.69, 9.17) is 0 Å². The third-order valence-electron chi connectivity index (χ3n) is 6.23. The van der Waals surface area contributed by atoms with Crippen LogP contribution in [0.2, 0.25) is 0 Å². The van der Waals surface area contributed by atoms with Crippen molar-refractivity contribution in [2.75, 3.05) is 0 Å². The van der Waals surface area contributed by atoms with E-state index in [-0.39, 0.29) is 0 Å². The minimum atomic E-state index is 0.402. The summed E-state index contributed by atoms with van der Waals surface area (Å²) in [4.78, 5) is 0. The van der Waals surface area contributed by atoms with Crippen molar-refractivity contribution in [3.05, 3.63) is 93.0 Å². The van der Waals surface area contributed by atoms with E-state index in [2.05, 4.69) is 62.4 Å². The van der Waals surface area contributed by atoms with Crippen LogP contribution in [0.4, 0.5) is 0 Å². The van der Waals surface area contributed by atoms with Gasteiger partial charge in [-0.2, -0.15) is 0 Å². The van der Waals surface area contributed by atoms with Crippen molar-refractivity contribution in [3.63, 3.8) is 0 Å². The molecule has 2 N–H and O–H groups in total. The first-order chi connectivity index (χ1) is 14.2. The van der Waals surface area contributed by atoms with Gasteiger partial charge in [0.25, 0.3) is 0 Å². The predicted molar refractivity (Wildman–Crippen MR) is 126 cm³/mol. The van der Waals surface area contributed by atoms with E-state index in [1.165, 1.54) is 22.3 Å². The molecule has 158 valence electrons. The number of aromatic hydroxyl groups is 2. The Hall–Kier alpha value is -2.74. The lowest BCUT2D eigenvalue weighted by Crippen LogP contribution is -2.03. The first-order valence-corrected chi connectivity index (χ1v) is 10.8. The Bertz CT molecular complexity index is 921. The average Bonchev–Trinajstić information content (AvgIpc) is 2.70.